The van der Waals surface area contributed by atoms with Crippen LogP contribution in [0.15, 0.2) is 6.33 Å². The molecule has 5 heteroatoms. The molecule has 0 aliphatic carbocycles. The lowest BCUT2D eigenvalue weighted by Crippen LogP contribution is -2.42. The summed E-state index contributed by atoms with van der Waals surface area (Å²) in [6.45, 7) is 11.1. The smallest absolute Gasteiger partial charge is 0.146 e. The van der Waals surface area contributed by atoms with Gasteiger partial charge in [0, 0.05) is 12.6 Å². The highest BCUT2D eigenvalue weighted by molar-refractivity contribution is 4.86. The Morgan fingerprint density at radius 3 is 2.53 bits per heavy atom. The molecular weight excluding hydrogens is 238 g/mol. The van der Waals surface area contributed by atoms with Gasteiger partial charge in [0.1, 0.15) is 12.2 Å². The van der Waals surface area contributed by atoms with Crippen molar-refractivity contribution in [2.45, 2.75) is 45.7 Å². The molecule has 0 bridgehead atoms. The molecule has 0 saturated carbocycles. The van der Waals surface area contributed by atoms with Gasteiger partial charge in [0.15, 0.2) is 0 Å². The van der Waals surface area contributed by atoms with E-state index in [2.05, 4.69) is 41.2 Å². The van der Waals surface area contributed by atoms with Crippen molar-refractivity contribution in [3.8, 4) is 0 Å². The lowest BCUT2D eigenvalue weighted by atomic mass is 9.95. The van der Waals surface area contributed by atoms with Crippen LogP contribution in [0.3, 0.4) is 0 Å². The number of nitrogens with one attached hydrogen (secondary N) is 1. The number of piperidine rings is 1. The molecule has 0 aromatic carbocycles. The molecule has 0 spiro atoms. The molecule has 1 aromatic heterocycles. The summed E-state index contributed by atoms with van der Waals surface area (Å²) in [6.07, 6.45) is 4.33. The van der Waals surface area contributed by atoms with Crippen LogP contribution in [0.1, 0.15) is 39.4 Å². The maximum atomic E-state index is 4.16. The van der Waals surface area contributed by atoms with Crippen LogP contribution in [0, 0.1) is 5.92 Å². The summed E-state index contributed by atoms with van der Waals surface area (Å²) in [4.78, 5) is 2.48. The van der Waals surface area contributed by atoms with Gasteiger partial charge in [0.05, 0.1) is 6.54 Å². The van der Waals surface area contributed by atoms with Gasteiger partial charge in [-0.1, -0.05) is 0 Å². The number of hydrogen-bond acceptors (Lipinski definition) is 4. The molecule has 0 unspecified atom stereocenters. The number of aryl methyl sites for hydroxylation is 1. The van der Waals surface area contributed by atoms with Gasteiger partial charge in [-0.15, -0.1) is 10.2 Å². The van der Waals surface area contributed by atoms with Gasteiger partial charge in [-0.2, -0.15) is 0 Å². The summed E-state index contributed by atoms with van der Waals surface area (Å²) in [6, 6.07) is 0. The summed E-state index contributed by atoms with van der Waals surface area (Å²) in [7, 11) is 2.01. The SMILES string of the molecule is Cn1cnnc1CN1CCC(CNC(C)(C)C)CC1. The van der Waals surface area contributed by atoms with E-state index >= 15 is 0 Å². The highest BCUT2D eigenvalue weighted by atomic mass is 15.3. The van der Waals surface area contributed by atoms with Crippen molar-refractivity contribution in [1.29, 1.82) is 0 Å². The van der Waals surface area contributed by atoms with E-state index < -0.39 is 0 Å². The Labute approximate surface area is 116 Å². The van der Waals surface area contributed by atoms with E-state index in [0.29, 0.717) is 0 Å². The second-order valence-corrected chi connectivity index (χ2v) is 6.71. The first-order valence-electron chi connectivity index (χ1n) is 7.24. The Morgan fingerprint density at radius 2 is 2.00 bits per heavy atom. The van der Waals surface area contributed by atoms with Gasteiger partial charge < -0.3 is 9.88 Å². The topological polar surface area (TPSA) is 46.0 Å². The van der Waals surface area contributed by atoms with E-state index in [1.54, 1.807) is 6.33 Å². The second kappa shape index (κ2) is 6.01. The van der Waals surface area contributed by atoms with Crippen molar-refractivity contribution in [3.05, 3.63) is 12.2 Å². The highest BCUT2D eigenvalue weighted by Crippen LogP contribution is 2.18. The summed E-state index contributed by atoms with van der Waals surface area (Å²) < 4.78 is 2.01. The standard InChI is InChI=1S/C14H27N5/c1-14(2,3)15-9-12-5-7-19(8-6-12)10-13-17-16-11-18(13)4/h11-12,15H,5-10H2,1-4H3. The molecule has 1 fully saturated rings. The third kappa shape index (κ3) is 4.58. The Hall–Kier alpha value is -0.940. The van der Waals surface area contributed by atoms with Crippen LogP contribution >= 0.6 is 0 Å². The zero-order valence-electron chi connectivity index (χ0n) is 12.7. The maximum absolute atomic E-state index is 4.16. The van der Waals surface area contributed by atoms with E-state index in [0.717, 1.165) is 24.8 Å². The molecular formula is C14H27N5. The molecule has 2 rings (SSSR count). The van der Waals surface area contributed by atoms with Gasteiger partial charge in [-0.25, -0.2) is 0 Å². The number of aromatic nitrogens is 3. The maximum Gasteiger partial charge on any atom is 0.146 e. The summed E-state index contributed by atoms with van der Waals surface area (Å²) in [5, 5.41) is 11.7. The first-order chi connectivity index (χ1) is 8.94. The molecule has 1 aliphatic rings. The quantitative estimate of drug-likeness (QED) is 0.894. The lowest BCUT2D eigenvalue weighted by molar-refractivity contribution is 0.165. The Balaban J connectivity index is 1.72. The van der Waals surface area contributed by atoms with Crippen LogP contribution in [0.2, 0.25) is 0 Å². The van der Waals surface area contributed by atoms with Crippen molar-refractivity contribution < 1.29 is 0 Å². The zero-order chi connectivity index (χ0) is 13.9. The molecule has 1 aliphatic heterocycles. The molecule has 0 atom stereocenters. The average Bonchev–Trinajstić information content (AvgIpc) is 2.73. The summed E-state index contributed by atoms with van der Waals surface area (Å²) >= 11 is 0. The van der Waals surface area contributed by atoms with Gasteiger partial charge in [0.25, 0.3) is 0 Å². The Bertz CT molecular complexity index is 385. The van der Waals surface area contributed by atoms with E-state index in [-0.39, 0.29) is 5.54 Å². The highest BCUT2D eigenvalue weighted by Gasteiger charge is 2.21. The van der Waals surface area contributed by atoms with E-state index in [4.69, 9.17) is 0 Å². The van der Waals surface area contributed by atoms with E-state index in [1.165, 1.54) is 25.9 Å². The van der Waals surface area contributed by atoms with Crippen LogP contribution < -0.4 is 5.32 Å². The van der Waals surface area contributed by atoms with Crippen molar-refractivity contribution in [3.63, 3.8) is 0 Å². The third-order valence-electron chi connectivity index (χ3n) is 3.80. The monoisotopic (exact) mass is 265 g/mol. The minimum absolute atomic E-state index is 0.232. The second-order valence-electron chi connectivity index (χ2n) is 6.71. The molecule has 1 aromatic rings. The van der Waals surface area contributed by atoms with Crippen LogP contribution in [0.25, 0.3) is 0 Å². The predicted molar refractivity (Wildman–Crippen MR) is 76.8 cm³/mol. The average molecular weight is 265 g/mol. The van der Waals surface area contributed by atoms with Gasteiger partial charge >= 0.3 is 0 Å². The van der Waals surface area contributed by atoms with Crippen molar-refractivity contribution in [2.24, 2.45) is 13.0 Å². The fraction of sp³-hybridized carbons (Fsp3) is 0.857. The van der Waals surface area contributed by atoms with Gasteiger partial charge in [-0.3, -0.25) is 4.90 Å². The van der Waals surface area contributed by atoms with E-state index in [9.17, 15) is 0 Å². The molecule has 0 amide bonds. The predicted octanol–water partition coefficient (Wildman–Crippen LogP) is 1.42. The van der Waals surface area contributed by atoms with Gasteiger partial charge in [-0.05, 0) is 59.2 Å². The van der Waals surface area contributed by atoms with E-state index in [1.807, 2.05) is 11.6 Å². The van der Waals surface area contributed by atoms with Crippen LogP contribution in [-0.2, 0) is 13.6 Å². The molecule has 1 saturated heterocycles. The fourth-order valence-corrected chi connectivity index (χ4v) is 2.45. The van der Waals surface area contributed by atoms with Gasteiger partial charge in [0.2, 0.25) is 0 Å². The minimum atomic E-state index is 0.232. The molecule has 5 nitrogen and oxygen atoms in total. The fourth-order valence-electron chi connectivity index (χ4n) is 2.45. The largest absolute Gasteiger partial charge is 0.320 e. The van der Waals surface area contributed by atoms with Crippen LogP contribution in [-0.4, -0.2) is 44.8 Å². The first-order valence-corrected chi connectivity index (χ1v) is 7.24. The Morgan fingerprint density at radius 1 is 1.32 bits per heavy atom. The number of rotatable bonds is 4. The van der Waals surface area contributed by atoms with Crippen LogP contribution in [0.5, 0.6) is 0 Å². The summed E-state index contributed by atoms with van der Waals surface area (Å²) in [5.74, 6) is 1.88. The first kappa shape index (κ1) is 14.5. The molecule has 108 valence electrons. The third-order valence-corrected chi connectivity index (χ3v) is 3.80. The van der Waals surface area contributed by atoms with Crippen molar-refractivity contribution in [2.75, 3.05) is 19.6 Å². The molecule has 2 heterocycles. The van der Waals surface area contributed by atoms with Crippen molar-refractivity contribution >= 4 is 0 Å². The normalized spacial score (nSPS) is 18.9. The molecule has 0 radical (unpaired) electrons. The molecule has 1 N–H and O–H groups in total. The number of hydrogen-bond donors (Lipinski definition) is 1. The lowest BCUT2D eigenvalue weighted by Gasteiger charge is -2.33. The zero-order valence-corrected chi connectivity index (χ0v) is 12.7. The number of likely N-dealkylation sites (tertiary alicyclic amines) is 1. The number of nitrogens with zero attached hydrogens (tertiary/aromatic N) is 4. The van der Waals surface area contributed by atoms with Crippen molar-refractivity contribution in [1.82, 2.24) is 25.0 Å². The minimum Gasteiger partial charge on any atom is -0.320 e. The van der Waals surface area contributed by atoms with Crippen LogP contribution in [0.4, 0.5) is 0 Å². The Kier molecular flexibility index (Phi) is 4.58. The molecule has 19 heavy (non-hydrogen) atoms. The summed E-state index contributed by atoms with van der Waals surface area (Å²) in [5.41, 5.74) is 0.232.